The first-order chi connectivity index (χ1) is 6.65. The van der Waals surface area contributed by atoms with Gasteiger partial charge in [0.05, 0.1) is 6.10 Å². The summed E-state index contributed by atoms with van der Waals surface area (Å²) in [5.41, 5.74) is 0.849. The second-order valence-electron chi connectivity index (χ2n) is 3.53. The summed E-state index contributed by atoms with van der Waals surface area (Å²) in [6, 6.07) is 1.88. The first-order valence-corrected chi connectivity index (χ1v) is 4.97. The van der Waals surface area contributed by atoms with Gasteiger partial charge in [0.25, 0.3) is 0 Å². The molecule has 4 nitrogen and oxygen atoms in total. The molecule has 0 radical (unpaired) electrons. The quantitative estimate of drug-likeness (QED) is 0.708. The average Bonchev–Trinajstić information content (AvgIpc) is 2.50. The Morgan fingerprint density at radius 1 is 1.57 bits per heavy atom. The lowest BCUT2D eigenvalue weighted by Gasteiger charge is -2.16. The van der Waals surface area contributed by atoms with Gasteiger partial charge in [-0.2, -0.15) is 0 Å². The van der Waals surface area contributed by atoms with Crippen molar-refractivity contribution in [2.24, 2.45) is 0 Å². The second-order valence-corrected chi connectivity index (χ2v) is 3.86. The van der Waals surface area contributed by atoms with Gasteiger partial charge in [0.15, 0.2) is 0 Å². The fourth-order valence-corrected chi connectivity index (χ4v) is 1.85. The fraction of sp³-hybridized carbons (Fsp3) is 0.556. The van der Waals surface area contributed by atoms with Crippen molar-refractivity contribution in [3.05, 3.63) is 17.0 Å². The van der Waals surface area contributed by atoms with Gasteiger partial charge in [0.2, 0.25) is 5.28 Å². The Hall–Kier alpha value is -0.870. The molecule has 0 spiro atoms. The van der Waals surface area contributed by atoms with Gasteiger partial charge >= 0.3 is 0 Å². The maximum atomic E-state index is 9.38. The molecule has 1 saturated heterocycles. The number of rotatable bonds is 1. The smallest absolute Gasteiger partial charge is 0.224 e. The molecule has 0 amide bonds. The van der Waals surface area contributed by atoms with Crippen LogP contribution < -0.4 is 4.90 Å². The van der Waals surface area contributed by atoms with E-state index in [1.165, 1.54) is 0 Å². The maximum Gasteiger partial charge on any atom is 0.224 e. The Labute approximate surface area is 87.5 Å². The molecule has 14 heavy (non-hydrogen) atoms. The number of halogens is 1. The highest BCUT2D eigenvalue weighted by atomic mass is 35.5. The molecular weight excluding hydrogens is 202 g/mol. The van der Waals surface area contributed by atoms with Crippen molar-refractivity contribution in [2.75, 3.05) is 18.0 Å². The lowest BCUT2D eigenvalue weighted by atomic mass is 10.3. The van der Waals surface area contributed by atoms with Crippen molar-refractivity contribution in [1.82, 2.24) is 9.97 Å². The summed E-state index contributed by atoms with van der Waals surface area (Å²) in [7, 11) is 0. The molecule has 1 N–H and O–H groups in total. The van der Waals surface area contributed by atoms with Crippen molar-refractivity contribution in [3.63, 3.8) is 0 Å². The van der Waals surface area contributed by atoms with Crippen molar-refractivity contribution in [2.45, 2.75) is 19.4 Å². The minimum atomic E-state index is -0.246. The molecule has 0 aromatic carbocycles. The van der Waals surface area contributed by atoms with E-state index < -0.39 is 0 Å². The van der Waals surface area contributed by atoms with Crippen molar-refractivity contribution in [1.29, 1.82) is 0 Å². The number of nitrogens with zero attached hydrogens (tertiary/aromatic N) is 3. The van der Waals surface area contributed by atoms with Crippen molar-refractivity contribution >= 4 is 17.4 Å². The Balaban J connectivity index is 2.23. The predicted octanol–water partition coefficient (Wildman–Crippen LogP) is 1.01. The van der Waals surface area contributed by atoms with E-state index in [2.05, 4.69) is 9.97 Å². The number of aliphatic hydroxyl groups excluding tert-OH is 1. The van der Waals surface area contributed by atoms with E-state index >= 15 is 0 Å². The van der Waals surface area contributed by atoms with E-state index in [-0.39, 0.29) is 11.4 Å². The van der Waals surface area contributed by atoms with Gasteiger partial charge in [0.1, 0.15) is 5.82 Å². The van der Waals surface area contributed by atoms with E-state index in [1.54, 1.807) is 0 Å². The van der Waals surface area contributed by atoms with E-state index in [0.29, 0.717) is 6.54 Å². The maximum absolute atomic E-state index is 9.38. The Kier molecular flexibility index (Phi) is 2.56. The first-order valence-electron chi connectivity index (χ1n) is 4.59. The summed E-state index contributed by atoms with van der Waals surface area (Å²) in [5.74, 6) is 0.805. The molecule has 1 aliphatic rings. The van der Waals surface area contributed by atoms with E-state index in [0.717, 1.165) is 24.5 Å². The summed E-state index contributed by atoms with van der Waals surface area (Å²) >= 11 is 5.75. The van der Waals surface area contributed by atoms with Crippen LogP contribution in [0.25, 0.3) is 0 Å². The van der Waals surface area contributed by atoms with Crippen molar-refractivity contribution in [3.8, 4) is 0 Å². The summed E-state index contributed by atoms with van der Waals surface area (Å²) in [6.45, 7) is 3.34. The zero-order chi connectivity index (χ0) is 10.1. The molecule has 1 atom stereocenters. The molecule has 76 valence electrons. The highest BCUT2D eigenvalue weighted by Crippen LogP contribution is 2.19. The molecule has 2 rings (SSSR count). The Morgan fingerprint density at radius 2 is 2.36 bits per heavy atom. The number of hydrogen-bond acceptors (Lipinski definition) is 4. The third-order valence-corrected chi connectivity index (χ3v) is 2.47. The van der Waals surface area contributed by atoms with Crippen LogP contribution in [0.4, 0.5) is 5.82 Å². The van der Waals surface area contributed by atoms with Gasteiger partial charge in [0, 0.05) is 24.8 Å². The Bertz CT molecular complexity index is 325. The first kappa shape index (κ1) is 9.68. The van der Waals surface area contributed by atoms with Crippen LogP contribution in [0.15, 0.2) is 6.07 Å². The standard InChI is InChI=1S/C9H12ClN3O/c1-6-4-8(12-9(10)11-6)13-3-2-7(14)5-13/h4,7,14H,2-3,5H2,1H3/t7-/m0/s1. The number of aryl methyl sites for hydroxylation is 1. The zero-order valence-corrected chi connectivity index (χ0v) is 8.70. The van der Waals surface area contributed by atoms with Crippen LogP contribution >= 0.6 is 11.6 Å². The molecule has 2 heterocycles. The van der Waals surface area contributed by atoms with Gasteiger partial charge in [-0.3, -0.25) is 0 Å². The van der Waals surface area contributed by atoms with E-state index in [1.807, 2.05) is 17.9 Å². The lowest BCUT2D eigenvalue weighted by Crippen LogP contribution is -2.22. The minimum absolute atomic E-state index is 0.246. The number of β-amino-alcohol motifs (C(OH)–C–C–N with tert-alkyl or cyclic N) is 1. The summed E-state index contributed by atoms with van der Waals surface area (Å²) in [6.07, 6.45) is 0.546. The molecular formula is C9H12ClN3O. The SMILES string of the molecule is Cc1cc(N2CC[C@H](O)C2)nc(Cl)n1. The van der Waals surface area contributed by atoms with Gasteiger partial charge < -0.3 is 10.0 Å². The summed E-state index contributed by atoms with van der Waals surface area (Å²) in [4.78, 5) is 10.1. The number of aromatic nitrogens is 2. The summed E-state index contributed by atoms with van der Waals surface area (Å²) in [5, 5.41) is 9.65. The van der Waals surface area contributed by atoms with Crippen LogP contribution in [0.2, 0.25) is 5.28 Å². The third kappa shape index (κ3) is 1.96. The normalized spacial score (nSPS) is 21.6. The summed E-state index contributed by atoms with van der Waals surface area (Å²) < 4.78 is 0. The van der Waals surface area contributed by atoms with Crippen LogP contribution in [0.5, 0.6) is 0 Å². The Morgan fingerprint density at radius 3 is 2.93 bits per heavy atom. The van der Waals surface area contributed by atoms with Crippen LogP contribution in [0.3, 0.4) is 0 Å². The number of hydrogen-bond donors (Lipinski definition) is 1. The van der Waals surface area contributed by atoms with Crippen LogP contribution in [-0.2, 0) is 0 Å². The molecule has 0 bridgehead atoms. The van der Waals surface area contributed by atoms with E-state index in [4.69, 9.17) is 11.6 Å². The van der Waals surface area contributed by atoms with Crippen LogP contribution in [-0.4, -0.2) is 34.3 Å². The van der Waals surface area contributed by atoms with Gasteiger partial charge in [-0.15, -0.1) is 0 Å². The van der Waals surface area contributed by atoms with Crippen LogP contribution in [0.1, 0.15) is 12.1 Å². The molecule has 0 saturated carbocycles. The lowest BCUT2D eigenvalue weighted by molar-refractivity contribution is 0.198. The van der Waals surface area contributed by atoms with Gasteiger partial charge in [-0.25, -0.2) is 9.97 Å². The monoisotopic (exact) mass is 213 g/mol. The number of anilines is 1. The second kappa shape index (κ2) is 3.71. The van der Waals surface area contributed by atoms with Crippen LogP contribution in [0, 0.1) is 6.92 Å². The van der Waals surface area contributed by atoms with Gasteiger partial charge in [-0.1, -0.05) is 0 Å². The molecule has 0 unspecified atom stereocenters. The molecule has 1 aromatic rings. The molecule has 5 heteroatoms. The molecule has 0 aliphatic carbocycles. The fourth-order valence-electron chi connectivity index (χ4n) is 1.63. The zero-order valence-electron chi connectivity index (χ0n) is 7.94. The largest absolute Gasteiger partial charge is 0.391 e. The average molecular weight is 214 g/mol. The molecule has 1 aliphatic heterocycles. The highest BCUT2D eigenvalue weighted by molar-refractivity contribution is 6.28. The molecule has 1 fully saturated rings. The van der Waals surface area contributed by atoms with Crippen molar-refractivity contribution < 1.29 is 5.11 Å². The predicted molar refractivity (Wildman–Crippen MR) is 54.6 cm³/mol. The minimum Gasteiger partial charge on any atom is -0.391 e. The van der Waals surface area contributed by atoms with Gasteiger partial charge in [-0.05, 0) is 24.9 Å². The number of aliphatic hydroxyl groups is 1. The third-order valence-electron chi connectivity index (χ3n) is 2.30. The highest BCUT2D eigenvalue weighted by Gasteiger charge is 2.21. The van der Waals surface area contributed by atoms with E-state index in [9.17, 15) is 5.11 Å². The topological polar surface area (TPSA) is 49.2 Å². The molecule has 1 aromatic heterocycles.